The fourth-order valence-corrected chi connectivity index (χ4v) is 2.33. The molecule has 0 atom stereocenters. The largest absolute Gasteiger partial charge is 0.497 e. The molecule has 0 radical (unpaired) electrons. The monoisotopic (exact) mass is 337 g/mol. The topological polar surface area (TPSA) is 77.2 Å². The van der Waals surface area contributed by atoms with Gasteiger partial charge in [0.05, 0.1) is 18.5 Å². The number of aromatic nitrogens is 1. The number of anilines is 2. The van der Waals surface area contributed by atoms with Gasteiger partial charge in [-0.1, -0.05) is 6.07 Å². The first kappa shape index (κ1) is 16.4. The minimum absolute atomic E-state index is 0.288. The average Bonchev–Trinajstić information content (AvgIpc) is 2.64. The van der Waals surface area contributed by atoms with Crippen LogP contribution in [0.3, 0.4) is 0 Å². The summed E-state index contributed by atoms with van der Waals surface area (Å²) in [5.41, 5.74) is 8.83. The first-order chi connectivity index (χ1) is 12.1. The van der Waals surface area contributed by atoms with Crippen molar-refractivity contribution in [3.63, 3.8) is 0 Å². The summed E-state index contributed by atoms with van der Waals surface area (Å²) in [6, 6.07) is 14.8. The van der Waals surface area contributed by atoms with Gasteiger partial charge in [-0.15, -0.1) is 0 Å². The fraction of sp³-hybridized carbons (Fsp3) is 0.0526. The van der Waals surface area contributed by atoms with Crippen LogP contribution in [0.25, 0.3) is 11.1 Å². The molecule has 0 saturated heterocycles. The predicted molar refractivity (Wildman–Crippen MR) is 95.0 cm³/mol. The summed E-state index contributed by atoms with van der Waals surface area (Å²) < 4.78 is 18.0. The van der Waals surface area contributed by atoms with Crippen LogP contribution in [-0.4, -0.2) is 18.0 Å². The smallest absolute Gasteiger partial charge is 0.255 e. The van der Waals surface area contributed by atoms with Crippen molar-refractivity contribution in [3.05, 3.63) is 72.3 Å². The lowest BCUT2D eigenvalue weighted by atomic mass is 10.1. The number of halogens is 1. The van der Waals surface area contributed by atoms with E-state index < -0.39 is 5.95 Å². The summed E-state index contributed by atoms with van der Waals surface area (Å²) in [7, 11) is 1.56. The van der Waals surface area contributed by atoms with E-state index in [1.165, 1.54) is 12.3 Å². The third-order valence-electron chi connectivity index (χ3n) is 3.71. The van der Waals surface area contributed by atoms with E-state index in [-0.39, 0.29) is 5.91 Å². The highest BCUT2D eigenvalue weighted by Gasteiger charge is 2.10. The van der Waals surface area contributed by atoms with Crippen LogP contribution in [0.4, 0.5) is 15.8 Å². The van der Waals surface area contributed by atoms with Crippen molar-refractivity contribution in [1.82, 2.24) is 4.98 Å². The first-order valence-electron chi connectivity index (χ1n) is 7.53. The highest BCUT2D eigenvalue weighted by Crippen LogP contribution is 2.27. The number of nitrogens with one attached hydrogen (secondary N) is 1. The number of benzene rings is 2. The van der Waals surface area contributed by atoms with Crippen molar-refractivity contribution in [2.75, 3.05) is 18.2 Å². The Morgan fingerprint density at radius 2 is 1.80 bits per heavy atom. The van der Waals surface area contributed by atoms with E-state index in [2.05, 4.69) is 10.3 Å². The fourth-order valence-electron chi connectivity index (χ4n) is 2.33. The lowest BCUT2D eigenvalue weighted by Crippen LogP contribution is -2.13. The molecule has 0 aliphatic carbocycles. The van der Waals surface area contributed by atoms with Gasteiger partial charge in [-0.05, 0) is 54.1 Å². The summed E-state index contributed by atoms with van der Waals surface area (Å²) >= 11 is 0. The molecule has 0 unspecified atom stereocenters. The number of amides is 1. The lowest BCUT2D eigenvalue weighted by Gasteiger charge is -2.11. The van der Waals surface area contributed by atoms with Crippen molar-refractivity contribution in [1.29, 1.82) is 0 Å². The van der Waals surface area contributed by atoms with Crippen LogP contribution >= 0.6 is 0 Å². The van der Waals surface area contributed by atoms with E-state index in [9.17, 15) is 9.18 Å². The number of pyridine rings is 1. The normalized spacial score (nSPS) is 10.3. The minimum Gasteiger partial charge on any atom is -0.497 e. The summed E-state index contributed by atoms with van der Waals surface area (Å²) in [5.74, 6) is -0.169. The molecule has 0 fully saturated rings. The second kappa shape index (κ2) is 7.00. The number of ether oxygens (including phenoxy) is 1. The average molecular weight is 337 g/mol. The molecule has 3 rings (SSSR count). The van der Waals surface area contributed by atoms with Crippen LogP contribution in [0.2, 0.25) is 0 Å². The first-order valence-corrected chi connectivity index (χ1v) is 7.53. The van der Waals surface area contributed by atoms with Crippen LogP contribution in [0.5, 0.6) is 5.75 Å². The van der Waals surface area contributed by atoms with Crippen molar-refractivity contribution in [2.45, 2.75) is 0 Å². The molecule has 2 aromatic carbocycles. The molecular formula is C19H16FN3O2. The zero-order chi connectivity index (χ0) is 17.8. The van der Waals surface area contributed by atoms with Gasteiger partial charge in [0.2, 0.25) is 5.95 Å². The minimum atomic E-state index is -0.549. The third-order valence-corrected chi connectivity index (χ3v) is 3.71. The van der Waals surface area contributed by atoms with Gasteiger partial charge in [0.1, 0.15) is 5.75 Å². The molecule has 5 nitrogen and oxygen atoms in total. The SMILES string of the molecule is COc1ccc(C(=O)Nc2cc(-c3ccc(F)nc3)ccc2N)cc1. The molecule has 0 saturated carbocycles. The van der Waals surface area contributed by atoms with Crippen LogP contribution in [-0.2, 0) is 0 Å². The second-order valence-electron chi connectivity index (χ2n) is 5.35. The maximum absolute atomic E-state index is 13.0. The number of nitrogens with zero attached hydrogens (tertiary/aromatic N) is 1. The molecule has 0 spiro atoms. The van der Waals surface area contributed by atoms with Gasteiger partial charge < -0.3 is 15.8 Å². The van der Waals surface area contributed by atoms with Gasteiger partial charge in [-0.3, -0.25) is 4.79 Å². The Hall–Kier alpha value is -3.41. The molecule has 1 aromatic heterocycles. The molecule has 0 aliphatic rings. The number of nitrogen functional groups attached to an aromatic ring is 1. The Labute approximate surface area is 144 Å². The summed E-state index contributed by atoms with van der Waals surface area (Å²) in [6.45, 7) is 0. The maximum atomic E-state index is 13.0. The van der Waals surface area contributed by atoms with Crippen molar-refractivity contribution < 1.29 is 13.9 Å². The van der Waals surface area contributed by atoms with Gasteiger partial charge in [0, 0.05) is 17.3 Å². The van der Waals surface area contributed by atoms with E-state index in [1.807, 2.05) is 0 Å². The number of methoxy groups -OCH3 is 1. The van der Waals surface area contributed by atoms with E-state index >= 15 is 0 Å². The number of hydrogen-bond acceptors (Lipinski definition) is 4. The Balaban J connectivity index is 1.84. The molecule has 3 N–H and O–H groups in total. The van der Waals surface area contributed by atoms with E-state index in [0.29, 0.717) is 22.7 Å². The number of hydrogen-bond donors (Lipinski definition) is 2. The van der Waals surface area contributed by atoms with Gasteiger partial charge >= 0.3 is 0 Å². The van der Waals surface area contributed by atoms with E-state index in [0.717, 1.165) is 11.1 Å². The molecule has 1 amide bonds. The van der Waals surface area contributed by atoms with E-state index in [1.54, 1.807) is 55.6 Å². The zero-order valence-electron chi connectivity index (χ0n) is 13.5. The highest BCUT2D eigenvalue weighted by atomic mass is 19.1. The van der Waals surface area contributed by atoms with Gasteiger partial charge in [-0.25, -0.2) is 4.98 Å². The summed E-state index contributed by atoms with van der Waals surface area (Å²) in [5, 5.41) is 2.79. The standard InChI is InChI=1S/C19H16FN3O2/c1-25-15-6-2-12(3-7-15)19(24)23-17-10-13(4-8-16(17)21)14-5-9-18(20)22-11-14/h2-11H,21H2,1H3,(H,23,24). The molecule has 25 heavy (non-hydrogen) atoms. The summed E-state index contributed by atoms with van der Waals surface area (Å²) in [6.07, 6.45) is 1.43. The molecule has 6 heteroatoms. The lowest BCUT2D eigenvalue weighted by molar-refractivity contribution is 0.102. The van der Waals surface area contributed by atoms with Crippen LogP contribution in [0.1, 0.15) is 10.4 Å². The molecular weight excluding hydrogens is 321 g/mol. The molecule has 3 aromatic rings. The maximum Gasteiger partial charge on any atom is 0.255 e. The van der Waals surface area contributed by atoms with Gasteiger partial charge in [0.15, 0.2) is 0 Å². The number of carbonyl (C=O) groups excluding carboxylic acids is 1. The molecule has 126 valence electrons. The molecule has 0 aliphatic heterocycles. The van der Waals surface area contributed by atoms with E-state index in [4.69, 9.17) is 10.5 Å². The Morgan fingerprint density at radius 1 is 1.08 bits per heavy atom. The Bertz CT molecular complexity index is 894. The number of rotatable bonds is 4. The molecule has 0 bridgehead atoms. The van der Waals surface area contributed by atoms with Crippen LogP contribution in [0, 0.1) is 5.95 Å². The van der Waals surface area contributed by atoms with Gasteiger partial charge in [-0.2, -0.15) is 4.39 Å². The zero-order valence-corrected chi connectivity index (χ0v) is 13.5. The van der Waals surface area contributed by atoms with Crippen LogP contribution < -0.4 is 15.8 Å². The highest BCUT2D eigenvalue weighted by molar-refractivity contribution is 6.06. The predicted octanol–water partition coefficient (Wildman–Crippen LogP) is 3.73. The Kier molecular flexibility index (Phi) is 4.61. The summed E-state index contributed by atoms with van der Waals surface area (Å²) in [4.78, 5) is 16.0. The number of nitrogens with two attached hydrogens (primary N) is 1. The number of carbonyl (C=O) groups is 1. The van der Waals surface area contributed by atoms with Crippen molar-refractivity contribution in [3.8, 4) is 16.9 Å². The second-order valence-corrected chi connectivity index (χ2v) is 5.35. The molecule has 1 heterocycles. The quantitative estimate of drug-likeness (QED) is 0.562. The van der Waals surface area contributed by atoms with Crippen LogP contribution in [0.15, 0.2) is 60.8 Å². The van der Waals surface area contributed by atoms with Crippen molar-refractivity contribution >= 4 is 17.3 Å². The van der Waals surface area contributed by atoms with Crippen molar-refractivity contribution in [2.24, 2.45) is 0 Å². The third kappa shape index (κ3) is 3.74. The van der Waals surface area contributed by atoms with Gasteiger partial charge in [0.25, 0.3) is 5.91 Å². The Morgan fingerprint density at radius 3 is 2.44 bits per heavy atom.